The van der Waals surface area contributed by atoms with Gasteiger partial charge in [0, 0.05) is 33.0 Å². The molecule has 3 nitrogen and oxygen atoms in total. The number of benzene rings is 7. The SMILES string of the molecule is c1ccc2c(c1)-c1c(ccc3ccccc13)N(c1ccc(-c3ccc4oc5ccccc5c4c3)cc1)c1cc3ccccc3n1-2. The summed E-state index contributed by atoms with van der Waals surface area (Å²) in [5.41, 5.74) is 11.3. The lowest BCUT2D eigenvalue weighted by molar-refractivity contribution is 0.669. The van der Waals surface area contributed by atoms with Gasteiger partial charge in [-0.2, -0.15) is 0 Å². The Morgan fingerprint density at radius 3 is 2.07 bits per heavy atom. The average Bonchev–Trinajstić information content (AvgIpc) is 3.63. The van der Waals surface area contributed by atoms with Crippen molar-refractivity contribution >= 4 is 60.8 Å². The predicted octanol–water partition coefficient (Wildman–Crippen LogP) is 11.8. The van der Waals surface area contributed by atoms with Gasteiger partial charge in [-0.05, 0) is 76.5 Å². The van der Waals surface area contributed by atoms with E-state index in [1.807, 2.05) is 12.1 Å². The standard InChI is InChI=1S/C42H26N2O/c1-3-11-32-28(9-1)19-23-38-42(32)34-13-4-7-15-37(34)44-36-14-6-2-10-30(36)26-41(44)43(38)31-21-17-27(18-22-31)29-20-24-40-35(25-29)33-12-5-8-16-39(33)45-40/h1-26H. The molecule has 0 unspecified atom stereocenters. The van der Waals surface area contributed by atoms with Gasteiger partial charge < -0.3 is 4.42 Å². The molecule has 210 valence electrons. The molecule has 0 N–H and O–H groups in total. The highest BCUT2D eigenvalue weighted by molar-refractivity contribution is 6.10. The Bertz CT molecular complexity index is 2600. The molecule has 9 aromatic rings. The highest BCUT2D eigenvalue weighted by Gasteiger charge is 2.29. The van der Waals surface area contributed by atoms with Gasteiger partial charge in [-0.25, -0.2) is 0 Å². The van der Waals surface area contributed by atoms with E-state index >= 15 is 0 Å². The molecule has 0 spiro atoms. The first-order valence-electron chi connectivity index (χ1n) is 15.4. The van der Waals surface area contributed by atoms with Gasteiger partial charge in [0.1, 0.15) is 17.0 Å². The van der Waals surface area contributed by atoms with Crippen molar-refractivity contribution in [3.8, 4) is 27.9 Å². The third-order valence-electron chi connectivity index (χ3n) is 9.32. The number of hydrogen-bond acceptors (Lipinski definition) is 2. The molecule has 0 saturated carbocycles. The van der Waals surface area contributed by atoms with E-state index in [4.69, 9.17) is 4.42 Å². The molecule has 0 amide bonds. The third-order valence-corrected chi connectivity index (χ3v) is 9.32. The second-order valence-electron chi connectivity index (χ2n) is 11.8. The van der Waals surface area contributed by atoms with Gasteiger partial charge in [0.15, 0.2) is 0 Å². The second kappa shape index (κ2) is 9.22. The molecule has 0 radical (unpaired) electrons. The van der Waals surface area contributed by atoms with Crippen molar-refractivity contribution in [2.45, 2.75) is 0 Å². The number of anilines is 3. The van der Waals surface area contributed by atoms with Crippen molar-refractivity contribution < 1.29 is 4.42 Å². The highest BCUT2D eigenvalue weighted by Crippen LogP contribution is 2.51. The van der Waals surface area contributed by atoms with Crippen LogP contribution < -0.4 is 4.90 Å². The molecule has 0 fully saturated rings. The molecule has 2 aromatic heterocycles. The first-order valence-corrected chi connectivity index (χ1v) is 15.4. The molecule has 0 aliphatic carbocycles. The first kappa shape index (κ1) is 24.4. The number of para-hydroxylation sites is 3. The Labute approximate surface area is 259 Å². The van der Waals surface area contributed by atoms with Crippen molar-refractivity contribution in [2.75, 3.05) is 4.90 Å². The van der Waals surface area contributed by atoms with Crippen LogP contribution in [0.25, 0.3) is 71.6 Å². The van der Waals surface area contributed by atoms with Crippen LogP contribution in [0.3, 0.4) is 0 Å². The van der Waals surface area contributed by atoms with Crippen molar-refractivity contribution in [1.82, 2.24) is 4.57 Å². The van der Waals surface area contributed by atoms with Crippen LogP contribution in [0.15, 0.2) is 162 Å². The summed E-state index contributed by atoms with van der Waals surface area (Å²) >= 11 is 0. The van der Waals surface area contributed by atoms with Crippen LogP contribution in [0.4, 0.5) is 17.2 Å². The van der Waals surface area contributed by atoms with Crippen molar-refractivity contribution in [3.05, 3.63) is 158 Å². The van der Waals surface area contributed by atoms with Crippen LogP contribution >= 0.6 is 0 Å². The van der Waals surface area contributed by atoms with Gasteiger partial charge in [-0.3, -0.25) is 9.47 Å². The van der Waals surface area contributed by atoms with Crippen LogP contribution in [0.1, 0.15) is 0 Å². The van der Waals surface area contributed by atoms with E-state index in [2.05, 4.69) is 155 Å². The Balaban J connectivity index is 1.21. The molecule has 3 heteroatoms. The molecular formula is C42H26N2O. The summed E-state index contributed by atoms with van der Waals surface area (Å²) in [7, 11) is 0. The zero-order valence-corrected chi connectivity index (χ0v) is 24.3. The zero-order valence-electron chi connectivity index (χ0n) is 24.3. The van der Waals surface area contributed by atoms with E-state index in [0.29, 0.717) is 0 Å². The average molecular weight is 575 g/mol. The maximum Gasteiger partial charge on any atom is 0.135 e. The molecule has 10 rings (SSSR count). The van der Waals surface area contributed by atoms with Crippen molar-refractivity contribution in [3.63, 3.8) is 0 Å². The normalized spacial score (nSPS) is 12.4. The highest BCUT2D eigenvalue weighted by atomic mass is 16.3. The molecule has 7 aromatic carbocycles. The predicted molar refractivity (Wildman–Crippen MR) is 187 cm³/mol. The molecule has 3 heterocycles. The van der Waals surface area contributed by atoms with Gasteiger partial charge >= 0.3 is 0 Å². The zero-order chi connectivity index (χ0) is 29.5. The van der Waals surface area contributed by atoms with Crippen LogP contribution in [-0.4, -0.2) is 4.57 Å². The summed E-state index contributed by atoms with van der Waals surface area (Å²) in [5.74, 6) is 1.12. The van der Waals surface area contributed by atoms with E-state index in [0.717, 1.165) is 33.4 Å². The second-order valence-corrected chi connectivity index (χ2v) is 11.8. The van der Waals surface area contributed by atoms with E-state index in [-0.39, 0.29) is 0 Å². The maximum atomic E-state index is 6.09. The molecule has 0 saturated heterocycles. The molecular weight excluding hydrogens is 548 g/mol. The maximum absolute atomic E-state index is 6.09. The fourth-order valence-electron chi connectivity index (χ4n) is 7.27. The summed E-state index contributed by atoms with van der Waals surface area (Å²) in [6, 6.07) is 56.8. The van der Waals surface area contributed by atoms with Crippen LogP contribution in [0, 0.1) is 0 Å². The van der Waals surface area contributed by atoms with E-state index < -0.39 is 0 Å². The Morgan fingerprint density at radius 2 is 1.16 bits per heavy atom. The van der Waals surface area contributed by atoms with Crippen LogP contribution in [0.2, 0.25) is 0 Å². The molecule has 0 bridgehead atoms. The molecule has 1 aliphatic heterocycles. The van der Waals surface area contributed by atoms with Crippen LogP contribution in [0.5, 0.6) is 0 Å². The molecule has 1 aliphatic rings. The lowest BCUT2D eigenvalue weighted by atomic mass is 9.94. The number of furan rings is 1. The summed E-state index contributed by atoms with van der Waals surface area (Å²) in [6.07, 6.45) is 0. The number of aromatic nitrogens is 1. The first-order chi connectivity index (χ1) is 22.3. The monoisotopic (exact) mass is 574 g/mol. The lowest BCUT2D eigenvalue weighted by Crippen LogP contribution is -2.12. The summed E-state index contributed by atoms with van der Waals surface area (Å²) < 4.78 is 8.52. The Hall–Kier alpha value is -6.06. The van der Waals surface area contributed by atoms with Crippen molar-refractivity contribution in [2.24, 2.45) is 0 Å². The summed E-state index contributed by atoms with van der Waals surface area (Å²) in [4.78, 5) is 2.43. The Morgan fingerprint density at radius 1 is 0.444 bits per heavy atom. The van der Waals surface area contributed by atoms with Gasteiger partial charge in [0.05, 0.1) is 16.9 Å². The lowest BCUT2D eigenvalue weighted by Gasteiger charge is -2.26. The van der Waals surface area contributed by atoms with Gasteiger partial charge in [0.2, 0.25) is 0 Å². The Kier molecular flexibility index (Phi) is 5.00. The number of nitrogens with zero attached hydrogens (tertiary/aromatic N) is 2. The number of rotatable bonds is 2. The van der Waals surface area contributed by atoms with Crippen LogP contribution in [-0.2, 0) is 0 Å². The largest absolute Gasteiger partial charge is 0.456 e. The van der Waals surface area contributed by atoms with Gasteiger partial charge in [-0.15, -0.1) is 0 Å². The minimum atomic E-state index is 0.914. The van der Waals surface area contributed by atoms with Crippen molar-refractivity contribution in [1.29, 1.82) is 0 Å². The topological polar surface area (TPSA) is 21.3 Å². The minimum Gasteiger partial charge on any atom is -0.456 e. The minimum absolute atomic E-state index is 0.914. The number of hydrogen-bond donors (Lipinski definition) is 0. The quantitative estimate of drug-likeness (QED) is 0.205. The smallest absolute Gasteiger partial charge is 0.135 e. The van der Waals surface area contributed by atoms with Gasteiger partial charge in [0.25, 0.3) is 0 Å². The summed E-state index contributed by atoms with van der Waals surface area (Å²) in [5, 5.41) is 5.99. The fourth-order valence-corrected chi connectivity index (χ4v) is 7.27. The van der Waals surface area contributed by atoms with E-state index in [1.54, 1.807) is 0 Å². The van der Waals surface area contributed by atoms with E-state index in [9.17, 15) is 0 Å². The number of fused-ring (bicyclic) bond motifs is 12. The fraction of sp³-hybridized carbons (Fsp3) is 0. The third kappa shape index (κ3) is 3.52. The van der Waals surface area contributed by atoms with E-state index in [1.165, 1.54) is 55.3 Å². The van der Waals surface area contributed by atoms with Gasteiger partial charge in [-0.1, -0.05) is 103 Å². The molecule has 0 atom stereocenters. The molecule has 45 heavy (non-hydrogen) atoms. The summed E-state index contributed by atoms with van der Waals surface area (Å²) in [6.45, 7) is 0.